The zero-order valence-electron chi connectivity index (χ0n) is 12.5. The van der Waals surface area contributed by atoms with Gasteiger partial charge < -0.3 is 19.8 Å². The van der Waals surface area contributed by atoms with E-state index in [0.29, 0.717) is 0 Å². The van der Waals surface area contributed by atoms with Crippen LogP contribution in [-0.4, -0.2) is 37.2 Å². The Balaban J connectivity index is 3.01. The number of carboxylic acid groups (broad SMARTS) is 1. The van der Waals surface area contributed by atoms with Crippen LogP contribution in [0.15, 0.2) is 16.8 Å². The van der Waals surface area contributed by atoms with Crippen LogP contribution in [0.2, 0.25) is 0 Å². The second-order valence-electron chi connectivity index (χ2n) is 5.13. The fourth-order valence-electron chi connectivity index (χ4n) is 2.37. The van der Waals surface area contributed by atoms with Crippen molar-refractivity contribution in [2.24, 2.45) is 0 Å². The Bertz CT molecular complexity index is 839. The molecular formula is C14H12N2O8. The van der Waals surface area contributed by atoms with E-state index in [4.69, 9.17) is 0 Å². The van der Waals surface area contributed by atoms with Crippen LogP contribution in [-0.2, 0) is 0 Å². The maximum atomic E-state index is 12.5. The monoisotopic (exact) mass is 336 g/mol. The van der Waals surface area contributed by atoms with E-state index in [1.165, 1.54) is 13.8 Å². The van der Waals surface area contributed by atoms with Crippen LogP contribution in [0.25, 0.3) is 0 Å². The molecule has 10 heteroatoms. The van der Waals surface area contributed by atoms with Gasteiger partial charge in [-0.2, -0.15) is 0 Å². The van der Waals surface area contributed by atoms with Gasteiger partial charge in [-0.05, 0) is 5.92 Å². The van der Waals surface area contributed by atoms with Crippen molar-refractivity contribution in [3.8, 4) is 11.5 Å². The molecule has 0 fully saturated rings. The molecule has 1 aromatic carbocycles. The number of carboxylic acids is 1. The topological polar surface area (TPSA) is 164 Å². The third-order valence-corrected chi connectivity index (χ3v) is 3.32. The van der Waals surface area contributed by atoms with Crippen LogP contribution in [0.1, 0.15) is 51.8 Å². The summed E-state index contributed by atoms with van der Waals surface area (Å²) in [5.74, 6) is -6.04. The zero-order valence-corrected chi connectivity index (χ0v) is 12.5. The second kappa shape index (κ2) is 5.99. The molecule has 0 aliphatic carbocycles. The fourth-order valence-corrected chi connectivity index (χ4v) is 2.37. The van der Waals surface area contributed by atoms with Crippen LogP contribution in [0.5, 0.6) is 11.5 Å². The van der Waals surface area contributed by atoms with Crippen molar-refractivity contribution in [2.75, 3.05) is 0 Å². The number of carbonyl (C=O) groups excluding carboxylic acids is 1. The number of nitrogens with zero attached hydrogens (tertiary/aromatic N) is 2. The van der Waals surface area contributed by atoms with Crippen molar-refractivity contribution >= 4 is 17.4 Å². The fraction of sp³-hybridized carbons (Fsp3) is 0.214. The minimum absolute atomic E-state index is 0.298. The van der Waals surface area contributed by atoms with Gasteiger partial charge in [0.25, 0.3) is 0 Å². The highest BCUT2D eigenvalue weighted by Gasteiger charge is 2.39. The second-order valence-corrected chi connectivity index (χ2v) is 5.13. The number of phenols is 2. The molecule has 0 atom stereocenters. The molecule has 126 valence electrons. The molecule has 2 rings (SSSR count). The normalized spacial score (nSPS) is 10.8. The van der Waals surface area contributed by atoms with Gasteiger partial charge in [-0.3, -0.25) is 14.9 Å². The first kappa shape index (κ1) is 16.9. The van der Waals surface area contributed by atoms with Gasteiger partial charge in [-0.1, -0.05) is 19.0 Å². The van der Waals surface area contributed by atoms with E-state index in [2.05, 4.69) is 9.68 Å². The predicted molar refractivity (Wildman–Crippen MR) is 77.4 cm³/mol. The highest BCUT2D eigenvalue weighted by molar-refractivity contribution is 6.17. The van der Waals surface area contributed by atoms with E-state index in [1.54, 1.807) is 0 Å². The van der Waals surface area contributed by atoms with Crippen molar-refractivity contribution in [1.82, 2.24) is 5.16 Å². The van der Waals surface area contributed by atoms with E-state index >= 15 is 0 Å². The first-order valence-corrected chi connectivity index (χ1v) is 6.63. The van der Waals surface area contributed by atoms with Gasteiger partial charge in [0.15, 0.2) is 5.75 Å². The maximum Gasteiger partial charge on any atom is 0.337 e. The standard InChI is InChI=1S/C14H12N2O8/c1-5(2)7-8(14(20)21)9(11(17)6-3-4-15-24-6)10(16(22)23)13(19)12(7)18/h3-5,18-19H,1-2H3,(H,20,21). The van der Waals surface area contributed by atoms with Gasteiger partial charge in [-0.15, -0.1) is 0 Å². The molecule has 0 aliphatic rings. The van der Waals surface area contributed by atoms with Crippen molar-refractivity contribution in [3.63, 3.8) is 0 Å². The van der Waals surface area contributed by atoms with Crippen LogP contribution < -0.4 is 0 Å². The Morgan fingerprint density at radius 2 is 1.88 bits per heavy atom. The van der Waals surface area contributed by atoms with E-state index in [0.717, 1.165) is 12.3 Å². The molecule has 0 saturated carbocycles. The highest BCUT2D eigenvalue weighted by atomic mass is 16.6. The first-order valence-electron chi connectivity index (χ1n) is 6.63. The number of nitro groups is 1. The molecule has 3 N–H and O–H groups in total. The Morgan fingerprint density at radius 3 is 2.29 bits per heavy atom. The maximum absolute atomic E-state index is 12.5. The van der Waals surface area contributed by atoms with E-state index in [1.807, 2.05) is 0 Å². The van der Waals surface area contributed by atoms with Crippen molar-refractivity contribution in [1.29, 1.82) is 0 Å². The SMILES string of the molecule is CC(C)c1c(O)c(O)c([N+](=O)[O-])c(C(=O)c2ccno2)c1C(=O)O. The predicted octanol–water partition coefficient (Wildman–Crippen LogP) is 2.05. The number of ketones is 1. The summed E-state index contributed by atoms with van der Waals surface area (Å²) in [5.41, 5.74) is -3.17. The molecule has 0 radical (unpaired) electrons. The number of benzene rings is 1. The molecule has 0 spiro atoms. The average Bonchev–Trinajstić information content (AvgIpc) is 3.01. The summed E-state index contributed by atoms with van der Waals surface area (Å²) in [5, 5.41) is 44.0. The van der Waals surface area contributed by atoms with Gasteiger partial charge >= 0.3 is 11.7 Å². The molecule has 1 aromatic heterocycles. The number of phenolic OH excluding ortho intramolecular Hbond substituents is 2. The smallest absolute Gasteiger partial charge is 0.337 e. The third kappa shape index (κ3) is 2.53. The lowest BCUT2D eigenvalue weighted by molar-refractivity contribution is -0.386. The molecule has 10 nitrogen and oxygen atoms in total. The van der Waals surface area contributed by atoms with Crippen LogP contribution in [0, 0.1) is 10.1 Å². The minimum Gasteiger partial charge on any atom is -0.504 e. The van der Waals surface area contributed by atoms with Crippen molar-refractivity contribution in [2.45, 2.75) is 19.8 Å². The summed E-state index contributed by atoms with van der Waals surface area (Å²) in [6.45, 7) is 2.99. The van der Waals surface area contributed by atoms with Crippen LogP contribution >= 0.6 is 0 Å². The molecule has 0 unspecified atom stereocenters. The summed E-state index contributed by atoms with van der Waals surface area (Å²) in [6, 6.07) is 1.09. The number of carbonyl (C=O) groups is 2. The summed E-state index contributed by atoms with van der Waals surface area (Å²) in [4.78, 5) is 34.3. The van der Waals surface area contributed by atoms with Gasteiger partial charge in [0.05, 0.1) is 16.7 Å². The molecule has 1 heterocycles. The number of hydrogen-bond acceptors (Lipinski definition) is 8. The largest absolute Gasteiger partial charge is 0.504 e. The number of aromatic carboxylic acids is 1. The number of nitro benzene ring substituents is 1. The quantitative estimate of drug-likeness (QED) is 0.320. The van der Waals surface area contributed by atoms with E-state index in [9.17, 15) is 35.0 Å². The van der Waals surface area contributed by atoms with E-state index < -0.39 is 56.7 Å². The van der Waals surface area contributed by atoms with Gasteiger partial charge in [-0.25, -0.2) is 4.79 Å². The number of hydrogen-bond donors (Lipinski definition) is 3. The average molecular weight is 336 g/mol. The lowest BCUT2D eigenvalue weighted by atomic mass is 9.88. The Morgan fingerprint density at radius 1 is 1.25 bits per heavy atom. The minimum atomic E-state index is -1.67. The molecule has 0 bridgehead atoms. The third-order valence-electron chi connectivity index (χ3n) is 3.32. The van der Waals surface area contributed by atoms with Crippen molar-refractivity contribution < 1.29 is 34.4 Å². The van der Waals surface area contributed by atoms with Crippen molar-refractivity contribution in [3.05, 3.63) is 44.8 Å². The van der Waals surface area contributed by atoms with Gasteiger partial charge in [0.1, 0.15) is 5.56 Å². The van der Waals surface area contributed by atoms with Gasteiger partial charge in [0, 0.05) is 11.6 Å². The Labute approximate surface area is 134 Å². The van der Waals surface area contributed by atoms with Gasteiger partial charge in [0.2, 0.25) is 17.3 Å². The molecule has 0 aliphatic heterocycles. The number of aromatic hydroxyl groups is 2. The highest BCUT2D eigenvalue weighted by Crippen LogP contribution is 2.46. The molecule has 0 amide bonds. The molecule has 2 aromatic rings. The van der Waals surface area contributed by atoms with Crippen LogP contribution in [0.3, 0.4) is 0 Å². The Kier molecular flexibility index (Phi) is 4.22. The Hall–Kier alpha value is -3.43. The summed E-state index contributed by atoms with van der Waals surface area (Å²) >= 11 is 0. The van der Waals surface area contributed by atoms with E-state index in [-0.39, 0.29) is 5.56 Å². The zero-order chi connectivity index (χ0) is 18.2. The molecule has 0 saturated heterocycles. The lowest BCUT2D eigenvalue weighted by Gasteiger charge is -2.16. The van der Waals surface area contributed by atoms with Crippen LogP contribution in [0.4, 0.5) is 5.69 Å². The summed E-state index contributed by atoms with van der Waals surface area (Å²) in [7, 11) is 0. The summed E-state index contributed by atoms with van der Waals surface area (Å²) in [6.07, 6.45) is 1.10. The number of aromatic nitrogens is 1. The lowest BCUT2D eigenvalue weighted by Crippen LogP contribution is -2.16. The molecular weight excluding hydrogens is 324 g/mol. The number of rotatable bonds is 5. The molecule has 24 heavy (non-hydrogen) atoms. The summed E-state index contributed by atoms with van der Waals surface area (Å²) < 4.78 is 4.63. The first-order chi connectivity index (χ1) is 11.2.